The van der Waals surface area contributed by atoms with Gasteiger partial charge in [-0.1, -0.05) is 23.4 Å². The number of para-hydroxylation sites is 1. The van der Waals surface area contributed by atoms with Crippen LogP contribution in [0.1, 0.15) is 42.5 Å². The zero-order valence-electron chi connectivity index (χ0n) is 13.7. The number of hydrogen-bond donors (Lipinski definition) is 1. The number of nitrogens with one attached hydrogen (secondary N) is 1. The van der Waals surface area contributed by atoms with E-state index in [-0.39, 0.29) is 36.0 Å². The van der Waals surface area contributed by atoms with Gasteiger partial charge in [-0.3, -0.25) is 0 Å². The quantitative estimate of drug-likeness (QED) is 0.829. The summed E-state index contributed by atoms with van der Waals surface area (Å²) in [5.41, 5.74) is 0.517. The van der Waals surface area contributed by atoms with Gasteiger partial charge in [0.2, 0.25) is 5.89 Å². The van der Waals surface area contributed by atoms with Crippen LogP contribution in [0.2, 0.25) is 0 Å². The van der Waals surface area contributed by atoms with E-state index in [1.807, 2.05) is 14.0 Å². The Labute approximate surface area is 149 Å². The van der Waals surface area contributed by atoms with Crippen molar-refractivity contribution in [3.05, 3.63) is 41.5 Å². The van der Waals surface area contributed by atoms with Crippen molar-refractivity contribution in [2.45, 2.75) is 44.0 Å². The summed E-state index contributed by atoms with van der Waals surface area (Å²) in [6.45, 7) is 2.00. The van der Waals surface area contributed by atoms with Crippen LogP contribution in [-0.2, 0) is 6.42 Å². The molecule has 0 amide bonds. The number of likely N-dealkylation sites (N-methyl/N-ethyl adjacent to an activating group) is 1. The zero-order chi connectivity index (χ0) is 17.3. The number of hydrogen-bond acceptors (Lipinski definition) is 5. The maximum Gasteiger partial charge on any atom is 0.573 e. The lowest BCUT2D eigenvalue weighted by Gasteiger charge is -2.12. The summed E-state index contributed by atoms with van der Waals surface area (Å²) in [6, 6.07) is 6.40. The number of nitrogens with zero attached hydrogens (tertiary/aromatic N) is 2. The van der Waals surface area contributed by atoms with Crippen LogP contribution >= 0.6 is 12.4 Å². The fourth-order valence-electron chi connectivity index (χ4n) is 2.69. The average molecular weight is 378 g/mol. The molecule has 1 fully saturated rings. The number of alkyl halides is 3. The Morgan fingerprint density at radius 1 is 1.32 bits per heavy atom. The monoisotopic (exact) mass is 377 g/mol. The van der Waals surface area contributed by atoms with Crippen LogP contribution in [0.25, 0.3) is 0 Å². The van der Waals surface area contributed by atoms with E-state index in [2.05, 4.69) is 20.2 Å². The molecule has 0 bridgehead atoms. The van der Waals surface area contributed by atoms with Crippen LogP contribution in [0.5, 0.6) is 5.75 Å². The predicted octanol–water partition coefficient (Wildman–Crippen LogP) is 3.81. The van der Waals surface area contributed by atoms with Gasteiger partial charge in [-0.05, 0) is 37.9 Å². The van der Waals surface area contributed by atoms with E-state index in [4.69, 9.17) is 4.52 Å². The van der Waals surface area contributed by atoms with Crippen molar-refractivity contribution in [2.75, 3.05) is 7.05 Å². The topological polar surface area (TPSA) is 60.2 Å². The van der Waals surface area contributed by atoms with Crippen molar-refractivity contribution >= 4 is 12.4 Å². The van der Waals surface area contributed by atoms with E-state index in [0.29, 0.717) is 30.1 Å². The van der Waals surface area contributed by atoms with Gasteiger partial charge in [-0.2, -0.15) is 4.98 Å². The van der Waals surface area contributed by atoms with E-state index in [1.165, 1.54) is 12.1 Å². The lowest BCUT2D eigenvalue weighted by atomic mass is 10.1. The summed E-state index contributed by atoms with van der Waals surface area (Å²) in [5, 5.41) is 7.02. The van der Waals surface area contributed by atoms with Gasteiger partial charge in [-0.25, -0.2) is 0 Å². The van der Waals surface area contributed by atoms with E-state index in [9.17, 15) is 13.2 Å². The Morgan fingerprint density at radius 2 is 2.04 bits per heavy atom. The summed E-state index contributed by atoms with van der Waals surface area (Å²) < 4.78 is 46.9. The lowest BCUT2D eigenvalue weighted by molar-refractivity contribution is -0.274. The lowest BCUT2D eigenvalue weighted by Crippen LogP contribution is -2.24. The van der Waals surface area contributed by atoms with Gasteiger partial charge in [-0.15, -0.1) is 25.6 Å². The molecule has 3 unspecified atom stereocenters. The summed E-state index contributed by atoms with van der Waals surface area (Å²) in [4.78, 5) is 4.36. The molecule has 0 saturated heterocycles. The number of benzene rings is 1. The SMILES string of the molecule is CNC(C)Cc1noc(C2CC2c2ccccc2OC(F)(F)F)n1.Cl. The standard InChI is InChI=1S/C16H18F3N3O2.ClH/c1-9(20-2)7-14-21-15(24-22-14)12-8-11(12)10-5-3-4-6-13(10)23-16(17,18)19;/h3-6,9,11-12,20H,7-8H2,1-2H3;1H. The highest BCUT2D eigenvalue weighted by atomic mass is 35.5. The van der Waals surface area contributed by atoms with Crippen LogP contribution in [0.15, 0.2) is 28.8 Å². The third-order valence-electron chi connectivity index (χ3n) is 4.12. The molecular weight excluding hydrogens is 359 g/mol. The molecule has 3 rings (SSSR count). The zero-order valence-corrected chi connectivity index (χ0v) is 14.5. The molecule has 1 aliphatic rings. The van der Waals surface area contributed by atoms with Gasteiger partial charge >= 0.3 is 6.36 Å². The van der Waals surface area contributed by atoms with Crippen LogP contribution < -0.4 is 10.1 Å². The molecule has 1 heterocycles. The Balaban J connectivity index is 0.00000225. The molecule has 1 aromatic heterocycles. The highest BCUT2D eigenvalue weighted by Crippen LogP contribution is 2.56. The van der Waals surface area contributed by atoms with E-state index >= 15 is 0 Å². The Hall–Kier alpha value is -1.80. The van der Waals surface area contributed by atoms with Crippen molar-refractivity contribution in [1.82, 2.24) is 15.5 Å². The maximum atomic E-state index is 12.5. The molecule has 9 heteroatoms. The minimum atomic E-state index is -4.71. The first-order chi connectivity index (χ1) is 11.4. The van der Waals surface area contributed by atoms with E-state index < -0.39 is 6.36 Å². The van der Waals surface area contributed by atoms with Gasteiger partial charge in [0.25, 0.3) is 0 Å². The molecule has 0 aliphatic heterocycles. The number of halogens is 4. The van der Waals surface area contributed by atoms with Crippen LogP contribution in [0, 0.1) is 0 Å². The van der Waals surface area contributed by atoms with Crippen molar-refractivity contribution < 1.29 is 22.4 Å². The van der Waals surface area contributed by atoms with Crippen molar-refractivity contribution in [3.8, 4) is 5.75 Å². The number of ether oxygens (including phenoxy) is 1. The van der Waals surface area contributed by atoms with E-state index in [0.717, 1.165) is 0 Å². The number of aromatic nitrogens is 2. The first kappa shape index (κ1) is 19.5. The Bertz CT molecular complexity index is 708. The summed E-state index contributed by atoms with van der Waals surface area (Å²) in [6.07, 6.45) is -3.41. The Morgan fingerprint density at radius 3 is 2.72 bits per heavy atom. The van der Waals surface area contributed by atoms with E-state index in [1.54, 1.807) is 12.1 Å². The second-order valence-electron chi connectivity index (χ2n) is 5.98. The number of rotatable bonds is 6. The molecule has 3 atom stereocenters. The van der Waals surface area contributed by atoms with Crippen LogP contribution in [-0.4, -0.2) is 29.6 Å². The van der Waals surface area contributed by atoms with Crippen LogP contribution in [0.4, 0.5) is 13.2 Å². The molecule has 0 spiro atoms. The third kappa shape index (κ3) is 4.85. The molecule has 1 saturated carbocycles. The predicted molar refractivity (Wildman–Crippen MR) is 87.0 cm³/mol. The largest absolute Gasteiger partial charge is 0.573 e. The second kappa shape index (κ2) is 7.61. The third-order valence-corrected chi connectivity index (χ3v) is 4.12. The smallest absolute Gasteiger partial charge is 0.405 e. The molecule has 1 aromatic carbocycles. The molecular formula is C16H19ClF3N3O2. The fraction of sp³-hybridized carbons (Fsp3) is 0.500. The molecule has 0 radical (unpaired) electrons. The first-order valence-electron chi connectivity index (χ1n) is 7.72. The van der Waals surface area contributed by atoms with Gasteiger partial charge in [0.15, 0.2) is 5.82 Å². The Kier molecular flexibility index (Phi) is 5.95. The second-order valence-corrected chi connectivity index (χ2v) is 5.98. The highest BCUT2D eigenvalue weighted by Gasteiger charge is 2.46. The minimum Gasteiger partial charge on any atom is -0.405 e. The van der Waals surface area contributed by atoms with Crippen molar-refractivity contribution in [1.29, 1.82) is 0 Å². The minimum absolute atomic E-state index is 0. The molecule has 138 valence electrons. The van der Waals surface area contributed by atoms with Crippen molar-refractivity contribution in [2.24, 2.45) is 0 Å². The highest BCUT2D eigenvalue weighted by molar-refractivity contribution is 5.85. The molecule has 1 N–H and O–H groups in total. The average Bonchev–Trinajstić information content (AvgIpc) is 3.18. The first-order valence-corrected chi connectivity index (χ1v) is 7.72. The summed E-state index contributed by atoms with van der Waals surface area (Å²) in [5.74, 6) is 0.742. The van der Waals surface area contributed by atoms with Gasteiger partial charge in [0.05, 0.1) is 0 Å². The van der Waals surface area contributed by atoms with Crippen molar-refractivity contribution in [3.63, 3.8) is 0 Å². The van der Waals surface area contributed by atoms with Gasteiger partial charge < -0.3 is 14.6 Å². The van der Waals surface area contributed by atoms with Crippen LogP contribution in [0.3, 0.4) is 0 Å². The fourth-order valence-corrected chi connectivity index (χ4v) is 2.69. The normalized spacial score (nSPS) is 20.7. The maximum absolute atomic E-state index is 12.5. The summed E-state index contributed by atoms with van der Waals surface area (Å²) >= 11 is 0. The summed E-state index contributed by atoms with van der Waals surface area (Å²) in [7, 11) is 1.85. The van der Waals surface area contributed by atoms with Gasteiger partial charge in [0.1, 0.15) is 5.75 Å². The molecule has 5 nitrogen and oxygen atoms in total. The molecule has 1 aliphatic carbocycles. The van der Waals surface area contributed by atoms with Gasteiger partial charge in [0, 0.05) is 18.4 Å². The molecule has 2 aromatic rings. The molecule has 25 heavy (non-hydrogen) atoms.